The minimum atomic E-state index is -3.19. The molecule has 0 atom stereocenters. The van der Waals surface area contributed by atoms with E-state index in [0.717, 1.165) is 35.3 Å². The van der Waals surface area contributed by atoms with Crippen molar-refractivity contribution in [2.24, 2.45) is 21.6 Å². The molecule has 1 aliphatic rings. The Morgan fingerprint density at radius 1 is 1.23 bits per heavy atom. The quantitative estimate of drug-likeness (QED) is 0.0996. The number of nitrogens with zero attached hydrogens (tertiary/aromatic N) is 4. The number of anilines is 2. The summed E-state index contributed by atoms with van der Waals surface area (Å²) in [7, 11) is -1.62. The van der Waals surface area contributed by atoms with Gasteiger partial charge in [0.05, 0.1) is 12.3 Å². The third-order valence-corrected chi connectivity index (χ3v) is 9.01. The van der Waals surface area contributed by atoms with Crippen LogP contribution in [0.25, 0.3) is 0 Å². The number of halogens is 2. The van der Waals surface area contributed by atoms with Gasteiger partial charge in [0.1, 0.15) is 27.2 Å². The molecule has 44 heavy (non-hydrogen) atoms. The van der Waals surface area contributed by atoms with Crippen LogP contribution in [0.5, 0.6) is 0 Å². The first-order valence-electron chi connectivity index (χ1n) is 14.4. The van der Waals surface area contributed by atoms with Gasteiger partial charge in [-0.2, -0.15) is 5.10 Å². The molecule has 1 heterocycles. The summed E-state index contributed by atoms with van der Waals surface area (Å²) in [5.41, 5.74) is 10.9. The molecular weight excluding hydrogens is 605 g/mol. The number of aromatic nitrogens is 2. The van der Waals surface area contributed by atoms with Crippen LogP contribution < -0.4 is 16.0 Å². The second-order valence-electron chi connectivity index (χ2n) is 10.9. The van der Waals surface area contributed by atoms with E-state index in [-0.39, 0.29) is 23.9 Å². The highest BCUT2D eigenvalue weighted by molar-refractivity contribution is 7.98. The lowest BCUT2D eigenvalue weighted by Gasteiger charge is -2.24. The van der Waals surface area contributed by atoms with E-state index in [9.17, 15) is 8.42 Å². The molecule has 240 valence electrons. The number of aryl methyl sites for hydroxylation is 1. The van der Waals surface area contributed by atoms with E-state index in [2.05, 4.69) is 20.5 Å². The van der Waals surface area contributed by atoms with E-state index in [4.69, 9.17) is 10.7 Å². The normalized spacial score (nSPS) is 16.1. The van der Waals surface area contributed by atoms with Crippen LogP contribution in [0.1, 0.15) is 52.7 Å². The number of allylic oxidation sites excluding steroid dienone is 4. The highest BCUT2D eigenvalue weighted by Gasteiger charge is 2.34. The van der Waals surface area contributed by atoms with Crippen molar-refractivity contribution in [1.82, 2.24) is 10.2 Å². The fourth-order valence-electron chi connectivity index (χ4n) is 4.66. The number of rotatable bonds is 13. The molecule has 3 rings (SSSR count). The summed E-state index contributed by atoms with van der Waals surface area (Å²) in [6.45, 7) is 9.55. The fraction of sp³-hybridized carbons (Fsp3) is 0.452. The summed E-state index contributed by atoms with van der Waals surface area (Å²) in [4.78, 5) is 11.4. The van der Waals surface area contributed by atoms with Gasteiger partial charge in [-0.15, -0.1) is 11.8 Å². The summed E-state index contributed by atoms with van der Waals surface area (Å²) in [5, 5.41) is 10.6. The smallest absolute Gasteiger partial charge is 0.153 e. The van der Waals surface area contributed by atoms with E-state index in [0.29, 0.717) is 40.1 Å². The summed E-state index contributed by atoms with van der Waals surface area (Å²) in [6.07, 6.45) is 6.95. The van der Waals surface area contributed by atoms with Crippen molar-refractivity contribution in [3.63, 3.8) is 0 Å². The van der Waals surface area contributed by atoms with Crippen molar-refractivity contribution in [2.45, 2.75) is 58.8 Å². The SMILES string of the molecule is CC/C(C)=C(C(=C\N)\C(C)=NCCS(C)(=O)=O)/C(=C(\N=C(/C)N(C)c1c(F)cc(SC)cc1F)Nc1cc(C)[nH]n1)C1CC1. The first-order valence-corrected chi connectivity index (χ1v) is 17.7. The maximum atomic E-state index is 15.1. The van der Waals surface area contributed by atoms with Crippen molar-refractivity contribution in [3.8, 4) is 0 Å². The molecule has 0 bridgehead atoms. The van der Waals surface area contributed by atoms with Gasteiger partial charge < -0.3 is 16.0 Å². The van der Waals surface area contributed by atoms with E-state index in [1.807, 2.05) is 33.8 Å². The number of amidine groups is 1. The molecule has 0 unspecified atom stereocenters. The first-order chi connectivity index (χ1) is 20.7. The minimum absolute atomic E-state index is 0.0779. The lowest BCUT2D eigenvalue weighted by Crippen LogP contribution is -2.26. The van der Waals surface area contributed by atoms with Crippen molar-refractivity contribution in [1.29, 1.82) is 0 Å². The second-order valence-corrected chi connectivity index (χ2v) is 14.1. The molecule has 9 nitrogen and oxygen atoms in total. The van der Waals surface area contributed by atoms with E-state index < -0.39 is 21.5 Å². The van der Waals surface area contributed by atoms with Gasteiger partial charge >= 0.3 is 0 Å². The molecule has 0 radical (unpaired) electrons. The largest absolute Gasteiger partial charge is 0.404 e. The Balaban J connectivity index is 2.25. The Morgan fingerprint density at radius 2 is 1.86 bits per heavy atom. The maximum absolute atomic E-state index is 15.1. The second kappa shape index (κ2) is 15.0. The Labute approximate surface area is 263 Å². The predicted molar refractivity (Wildman–Crippen MR) is 179 cm³/mol. The van der Waals surface area contributed by atoms with Gasteiger partial charge in [-0.05, 0) is 76.8 Å². The molecule has 0 aliphatic heterocycles. The number of sulfone groups is 1. The van der Waals surface area contributed by atoms with Crippen LogP contribution in [0.4, 0.5) is 20.3 Å². The zero-order valence-electron chi connectivity index (χ0n) is 26.7. The van der Waals surface area contributed by atoms with Crippen molar-refractivity contribution in [2.75, 3.05) is 42.1 Å². The molecule has 13 heteroatoms. The van der Waals surface area contributed by atoms with Crippen LogP contribution in [0.15, 0.2) is 67.4 Å². The topological polar surface area (TPSA) is 129 Å². The van der Waals surface area contributed by atoms with Gasteiger partial charge in [-0.3, -0.25) is 10.1 Å². The van der Waals surface area contributed by atoms with Crippen molar-refractivity contribution < 1.29 is 17.2 Å². The summed E-state index contributed by atoms with van der Waals surface area (Å²) >= 11 is 1.26. The standard InChI is InChI=1S/C31H43F2N7O2S2/c1-9-18(2)28(24(17-34)20(4)35-12-13-44(8,41)42)29(22-10-11-22)31(37-27-14-19(3)38-39-27)36-21(5)40(6)30-25(32)15-23(43-7)16-26(30)33/h14-17,22H,9-13,34H2,1-8H3,(H2,37,38,39)/b24-17+,28-18+,31-29+,35-20?,36-21+. The summed E-state index contributed by atoms with van der Waals surface area (Å²) in [6, 6.07) is 4.45. The average Bonchev–Trinajstić information content (AvgIpc) is 3.70. The molecule has 0 amide bonds. The molecular formula is C31H43F2N7O2S2. The number of nitrogens with two attached hydrogens (primary N) is 1. The number of hydrogen-bond acceptors (Lipinski definition) is 8. The summed E-state index contributed by atoms with van der Waals surface area (Å²) < 4.78 is 53.7. The first kappa shape index (κ1) is 35.0. The highest BCUT2D eigenvalue weighted by Crippen LogP contribution is 2.45. The Bertz CT molecular complexity index is 1610. The van der Waals surface area contributed by atoms with Gasteiger partial charge in [0.15, 0.2) is 17.5 Å². The zero-order valence-corrected chi connectivity index (χ0v) is 28.3. The monoisotopic (exact) mass is 647 g/mol. The van der Waals surface area contributed by atoms with Crippen LogP contribution in [-0.2, 0) is 9.84 Å². The van der Waals surface area contributed by atoms with E-state index >= 15 is 8.78 Å². The van der Waals surface area contributed by atoms with E-state index in [1.54, 1.807) is 20.2 Å². The molecule has 1 aliphatic carbocycles. The molecule has 1 aromatic heterocycles. The fourth-order valence-corrected chi connectivity index (χ4v) is 5.52. The molecule has 1 fully saturated rings. The number of benzene rings is 1. The molecule has 1 aromatic carbocycles. The lowest BCUT2D eigenvalue weighted by molar-refractivity contribution is 0.579. The predicted octanol–water partition coefficient (Wildman–Crippen LogP) is 6.38. The Morgan fingerprint density at radius 3 is 2.34 bits per heavy atom. The van der Waals surface area contributed by atoms with Gasteiger partial charge in [0, 0.05) is 53.0 Å². The number of thioether (sulfide) groups is 1. The van der Waals surface area contributed by atoms with Crippen LogP contribution in [0.3, 0.4) is 0 Å². The third kappa shape index (κ3) is 9.04. The number of nitrogens with one attached hydrogen (secondary N) is 2. The average molecular weight is 648 g/mol. The Hall–Kier alpha value is -3.45. The van der Waals surface area contributed by atoms with Crippen LogP contribution in [0, 0.1) is 24.5 Å². The molecule has 2 aromatic rings. The van der Waals surface area contributed by atoms with Gasteiger partial charge in [-0.1, -0.05) is 12.5 Å². The Kier molecular flexibility index (Phi) is 12.0. The third-order valence-electron chi connectivity index (χ3n) is 7.38. The molecule has 0 saturated heterocycles. The zero-order chi connectivity index (χ0) is 32.8. The number of aromatic amines is 1. The van der Waals surface area contributed by atoms with Crippen LogP contribution in [-0.4, -0.2) is 62.0 Å². The molecule has 1 saturated carbocycles. The minimum Gasteiger partial charge on any atom is -0.404 e. The van der Waals surface area contributed by atoms with Crippen molar-refractivity contribution >= 4 is 44.7 Å². The van der Waals surface area contributed by atoms with Crippen LogP contribution in [0.2, 0.25) is 0 Å². The molecule has 0 spiro atoms. The van der Waals surface area contributed by atoms with Crippen LogP contribution >= 0.6 is 11.8 Å². The highest BCUT2D eigenvalue weighted by atomic mass is 32.2. The number of H-pyrrole nitrogens is 1. The number of aliphatic imine (C=N–C) groups is 2. The van der Waals surface area contributed by atoms with Gasteiger partial charge in [0.2, 0.25) is 0 Å². The van der Waals surface area contributed by atoms with Gasteiger partial charge in [-0.25, -0.2) is 22.2 Å². The van der Waals surface area contributed by atoms with Crippen molar-refractivity contribution in [3.05, 3.63) is 69.8 Å². The summed E-state index contributed by atoms with van der Waals surface area (Å²) in [5.74, 6) is 0.0181. The number of hydrogen-bond donors (Lipinski definition) is 3. The van der Waals surface area contributed by atoms with E-state index in [1.165, 1.54) is 41.3 Å². The maximum Gasteiger partial charge on any atom is 0.153 e. The lowest BCUT2D eigenvalue weighted by atomic mass is 9.87. The van der Waals surface area contributed by atoms with Gasteiger partial charge in [0.25, 0.3) is 0 Å². The molecule has 4 N–H and O–H groups in total.